The molecule has 0 unspecified atom stereocenters. The molecule has 2 aromatic carbocycles. The van der Waals surface area contributed by atoms with E-state index in [1.807, 2.05) is 36.4 Å². The van der Waals surface area contributed by atoms with Gasteiger partial charge in [0.2, 0.25) is 0 Å². The van der Waals surface area contributed by atoms with Crippen molar-refractivity contribution in [1.82, 2.24) is 0 Å². The van der Waals surface area contributed by atoms with Gasteiger partial charge in [0.05, 0.1) is 4.92 Å². The van der Waals surface area contributed by atoms with Crippen LogP contribution in [0, 0.1) is 10.1 Å². The minimum Gasteiger partial charge on any atom is -0.258 e. The van der Waals surface area contributed by atoms with E-state index >= 15 is 0 Å². The average Bonchev–Trinajstić information content (AvgIpc) is 2.47. The van der Waals surface area contributed by atoms with E-state index in [1.165, 1.54) is 5.56 Å². The van der Waals surface area contributed by atoms with Crippen LogP contribution in [0.1, 0.15) is 37.0 Å². The first kappa shape index (κ1) is 13.6. The van der Waals surface area contributed by atoms with Gasteiger partial charge >= 0.3 is 0 Å². The van der Waals surface area contributed by atoms with Crippen LogP contribution in [0.4, 0.5) is 5.69 Å². The van der Waals surface area contributed by atoms with E-state index in [-0.39, 0.29) is 16.0 Å². The highest BCUT2D eigenvalue weighted by Crippen LogP contribution is 2.42. The lowest BCUT2D eigenvalue weighted by Gasteiger charge is -2.32. The molecule has 0 N–H and O–H groups in total. The van der Waals surface area contributed by atoms with Crippen LogP contribution in [-0.4, -0.2) is 4.92 Å². The summed E-state index contributed by atoms with van der Waals surface area (Å²) in [4.78, 5) is 10.7. The van der Waals surface area contributed by atoms with Crippen LogP contribution < -0.4 is 0 Å². The highest BCUT2D eigenvalue weighted by Gasteiger charge is 2.29. The van der Waals surface area contributed by atoms with Crippen molar-refractivity contribution in [3.63, 3.8) is 0 Å². The van der Waals surface area contributed by atoms with Gasteiger partial charge in [0.1, 0.15) is 0 Å². The van der Waals surface area contributed by atoms with E-state index in [1.54, 1.807) is 12.1 Å². The Labute approximate surface area is 124 Å². The maximum Gasteiger partial charge on any atom is 0.270 e. The Balaban J connectivity index is 2.21. The second-order valence-corrected chi connectivity index (χ2v) is 6.06. The van der Waals surface area contributed by atoms with Gasteiger partial charge in [-0.1, -0.05) is 56.3 Å². The summed E-state index contributed by atoms with van der Waals surface area (Å²) in [6, 6.07) is 15.3. The Morgan fingerprint density at radius 2 is 1.81 bits per heavy atom. The molecular weight excluding hydrogens is 262 g/mol. The SMILES string of the molecule is CC1(C)CC=C(c2ccccc2)c2cc([N+](=O)[O-])ccc21. The van der Waals surface area contributed by atoms with Crippen LogP contribution in [0.25, 0.3) is 5.57 Å². The molecule has 0 saturated heterocycles. The summed E-state index contributed by atoms with van der Waals surface area (Å²) in [6.07, 6.45) is 3.13. The van der Waals surface area contributed by atoms with Crippen LogP contribution in [0.15, 0.2) is 54.6 Å². The molecule has 0 fully saturated rings. The molecule has 106 valence electrons. The number of nitrogens with zero attached hydrogens (tertiary/aromatic N) is 1. The van der Waals surface area contributed by atoms with E-state index in [4.69, 9.17) is 0 Å². The lowest BCUT2D eigenvalue weighted by Crippen LogP contribution is -2.21. The molecular formula is C18H17NO2. The summed E-state index contributed by atoms with van der Waals surface area (Å²) in [5, 5.41) is 11.1. The summed E-state index contributed by atoms with van der Waals surface area (Å²) in [5.74, 6) is 0. The van der Waals surface area contributed by atoms with Crippen molar-refractivity contribution in [1.29, 1.82) is 0 Å². The minimum absolute atomic E-state index is 0.00272. The summed E-state index contributed by atoms with van der Waals surface area (Å²) in [5.41, 5.74) is 4.50. The molecule has 0 atom stereocenters. The van der Waals surface area contributed by atoms with Crippen LogP contribution in [0.2, 0.25) is 0 Å². The number of hydrogen-bond acceptors (Lipinski definition) is 2. The molecule has 0 spiro atoms. The van der Waals surface area contributed by atoms with Gasteiger partial charge in [-0.05, 0) is 34.1 Å². The molecule has 3 heteroatoms. The third-order valence-electron chi connectivity index (χ3n) is 4.13. The van der Waals surface area contributed by atoms with Gasteiger partial charge in [-0.25, -0.2) is 0 Å². The molecule has 3 rings (SSSR count). The summed E-state index contributed by atoms with van der Waals surface area (Å²) in [6.45, 7) is 4.35. The van der Waals surface area contributed by atoms with Gasteiger partial charge in [0, 0.05) is 12.1 Å². The standard InChI is InChI=1S/C18H17NO2/c1-18(2)11-10-15(13-6-4-3-5-7-13)16-12-14(19(20)21)8-9-17(16)18/h3-10,12H,11H2,1-2H3. The van der Waals surface area contributed by atoms with Gasteiger partial charge in [-0.3, -0.25) is 10.1 Å². The van der Waals surface area contributed by atoms with E-state index in [2.05, 4.69) is 19.9 Å². The molecule has 0 aliphatic heterocycles. The Hall–Kier alpha value is -2.42. The number of fused-ring (bicyclic) bond motifs is 1. The lowest BCUT2D eigenvalue weighted by molar-refractivity contribution is -0.384. The summed E-state index contributed by atoms with van der Waals surface area (Å²) in [7, 11) is 0. The zero-order valence-corrected chi connectivity index (χ0v) is 12.2. The fourth-order valence-electron chi connectivity index (χ4n) is 2.93. The number of hydrogen-bond donors (Lipinski definition) is 0. The van der Waals surface area contributed by atoms with Crippen molar-refractivity contribution in [2.75, 3.05) is 0 Å². The summed E-state index contributed by atoms with van der Waals surface area (Å²) >= 11 is 0. The van der Waals surface area contributed by atoms with Crippen LogP contribution in [-0.2, 0) is 5.41 Å². The normalized spacial score (nSPS) is 16.0. The van der Waals surface area contributed by atoms with E-state index < -0.39 is 0 Å². The zero-order valence-electron chi connectivity index (χ0n) is 12.2. The fourth-order valence-corrected chi connectivity index (χ4v) is 2.93. The van der Waals surface area contributed by atoms with Crippen LogP contribution in [0.5, 0.6) is 0 Å². The largest absolute Gasteiger partial charge is 0.270 e. The number of nitro benzene ring substituents is 1. The van der Waals surface area contributed by atoms with Crippen molar-refractivity contribution in [3.8, 4) is 0 Å². The van der Waals surface area contributed by atoms with E-state index in [0.717, 1.165) is 23.1 Å². The maximum atomic E-state index is 11.1. The smallest absolute Gasteiger partial charge is 0.258 e. The first-order valence-corrected chi connectivity index (χ1v) is 7.04. The molecule has 0 saturated carbocycles. The predicted octanol–water partition coefficient (Wildman–Crippen LogP) is 4.71. The highest BCUT2D eigenvalue weighted by molar-refractivity contribution is 5.84. The van der Waals surface area contributed by atoms with Gasteiger partial charge in [0.15, 0.2) is 0 Å². The van der Waals surface area contributed by atoms with E-state index in [9.17, 15) is 10.1 Å². The molecule has 0 bridgehead atoms. The molecule has 1 aliphatic rings. The molecule has 2 aromatic rings. The first-order valence-electron chi connectivity index (χ1n) is 7.04. The number of allylic oxidation sites excluding steroid dienone is 1. The highest BCUT2D eigenvalue weighted by atomic mass is 16.6. The number of benzene rings is 2. The fraction of sp³-hybridized carbons (Fsp3) is 0.222. The van der Waals surface area contributed by atoms with Crippen molar-refractivity contribution < 1.29 is 4.92 Å². The average molecular weight is 279 g/mol. The third-order valence-corrected chi connectivity index (χ3v) is 4.13. The number of rotatable bonds is 2. The zero-order chi connectivity index (χ0) is 15.0. The third kappa shape index (κ3) is 2.35. The van der Waals surface area contributed by atoms with Gasteiger partial charge in [-0.2, -0.15) is 0 Å². The summed E-state index contributed by atoms with van der Waals surface area (Å²) < 4.78 is 0. The minimum atomic E-state index is -0.329. The van der Waals surface area contributed by atoms with Crippen molar-refractivity contribution in [3.05, 3.63) is 81.4 Å². The molecule has 0 heterocycles. The Kier molecular flexibility index (Phi) is 3.13. The predicted molar refractivity (Wildman–Crippen MR) is 84.3 cm³/mol. The van der Waals surface area contributed by atoms with Crippen molar-refractivity contribution >= 4 is 11.3 Å². The van der Waals surface area contributed by atoms with Crippen LogP contribution in [0.3, 0.4) is 0 Å². The maximum absolute atomic E-state index is 11.1. The van der Waals surface area contributed by atoms with Gasteiger partial charge in [0.25, 0.3) is 5.69 Å². The Morgan fingerprint density at radius 1 is 1.10 bits per heavy atom. The lowest BCUT2D eigenvalue weighted by atomic mass is 9.72. The molecule has 21 heavy (non-hydrogen) atoms. The number of nitro groups is 1. The quantitative estimate of drug-likeness (QED) is 0.590. The van der Waals surface area contributed by atoms with Crippen molar-refractivity contribution in [2.24, 2.45) is 0 Å². The molecule has 3 nitrogen and oxygen atoms in total. The molecule has 1 aliphatic carbocycles. The topological polar surface area (TPSA) is 43.1 Å². The monoisotopic (exact) mass is 279 g/mol. The van der Waals surface area contributed by atoms with E-state index in [0.29, 0.717) is 0 Å². The van der Waals surface area contributed by atoms with Crippen molar-refractivity contribution in [2.45, 2.75) is 25.7 Å². The van der Waals surface area contributed by atoms with Gasteiger partial charge < -0.3 is 0 Å². The molecule has 0 aromatic heterocycles. The Morgan fingerprint density at radius 3 is 2.48 bits per heavy atom. The van der Waals surface area contributed by atoms with Gasteiger partial charge in [-0.15, -0.1) is 0 Å². The molecule has 0 amide bonds. The van der Waals surface area contributed by atoms with Crippen LogP contribution >= 0.6 is 0 Å². The number of non-ortho nitro benzene ring substituents is 1. The molecule has 0 radical (unpaired) electrons. The first-order chi connectivity index (χ1) is 9.99. The second kappa shape index (κ2) is 4.85. The Bertz CT molecular complexity index is 730. The second-order valence-electron chi connectivity index (χ2n) is 6.06.